The van der Waals surface area contributed by atoms with Gasteiger partial charge in [0.15, 0.2) is 5.82 Å². The number of rotatable bonds is 1. The van der Waals surface area contributed by atoms with Gasteiger partial charge in [0.2, 0.25) is 0 Å². The van der Waals surface area contributed by atoms with E-state index in [0.717, 1.165) is 32.4 Å². The van der Waals surface area contributed by atoms with E-state index < -0.39 is 0 Å². The zero-order valence-corrected chi connectivity index (χ0v) is 12.5. The molecular formula is C17H20N4O. The van der Waals surface area contributed by atoms with Crippen LogP contribution in [0, 0.1) is 5.41 Å². The topological polar surface area (TPSA) is 75.0 Å². The van der Waals surface area contributed by atoms with E-state index in [4.69, 9.17) is 5.73 Å². The Morgan fingerprint density at radius 2 is 2.05 bits per heavy atom. The van der Waals surface area contributed by atoms with Crippen molar-refractivity contribution < 1.29 is 0 Å². The van der Waals surface area contributed by atoms with E-state index in [0.29, 0.717) is 5.82 Å². The van der Waals surface area contributed by atoms with Gasteiger partial charge >= 0.3 is 0 Å². The Hall–Kier alpha value is -2.14. The van der Waals surface area contributed by atoms with E-state index in [1.54, 1.807) is 12.4 Å². The number of aromatic nitrogens is 2. The number of aromatic amines is 1. The number of piperidine rings is 1. The highest BCUT2D eigenvalue weighted by Crippen LogP contribution is 2.50. The summed E-state index contributed by atoms with van der Waals surface area (Å²) in [4.78, 5) is 20.9. The largest absolute Gasteiger partial charge is 0.352 e. The molecule has 0 saturated carbocycles. The van der Waals surface area contributed by atoms with Crippen LogP contribution in [0.4, 0.5) is 5.82 Å². The van der Waals surface area contributed by atoms with Gasteiger partial charge in [-0.15, -0.1) is 0 Å². The van der Waals surface area contributed by atoms with Gasteiger partial charge in [-0.1, -0.05) is 24.3 Å². The lowest BCUT2D eigenvalue weighted by Gasteiger charge is -2.42. The van der Waals surface area contributed by atoms with Crippen molar-refractivity contribution >= 4 is 5.82 Å². The molecule has 5 heteroatoms. The fourth-order valence-corrected chi connectivity index (χ4v) is 4.04. The van der Waals surface area contributed by atoms with Gasteiger partial charge in [0.25, 0.3) is 5.56 Å². The molecule has 1 aromatic carbocycles. The second-order valence-corrected chi connectivity index (χ2v) is 6.44. The first kappa shape index (κ1) is 13.5. The number of hydrogen-bond donors (Lipinski definition) is 2. The van der Waals surface area contributed by atoms with Gasteiger partial charge in [0, 0.05) is 31.5 Å². The fourth-order valence-electron chi connectivity index (χ4n) is 4.04. The molecule has 1 aliphatic heterocycles. The maximum Gasteiger partial charge on any atom is 0.290 e. The van der Waals surface area contributed by atoms with Crippen LogP contribution in [0.3, 0.4) is 0 Å². The minimum Gasteiger partial charge on any atom is -0.352 e. The summed E-state index contributed by atoms with van der Waals surface area (Å²) in [6.07, 6.45) is 6.26. The summed E-state index contributed by atoms with van der Waals surface area (Å²) in [5.74, 6) is 0.529. The number of nitrogens with zero attached hydrogens (tertiary/aromatic N) is 2. The molecule has 1 saturated heterocycles. The van der Waals surface area contributed by atoms with Gasteiger partial charge in [-0.3, -0.25) is 4.79 Å². The van der Waals surface area contributed by atoms with Crippen molar-refractivity contribution in [2.75, 3.05) is 18.0 Å². The van der Waals surface area contributed by atoms with E-state index in [9.17, 15) is 4.79 Å². The van der Waals surface area contributed by atoms with E-state index in [1.165, 1.54) is 11.1 Å². The molecule has 0 amide bonds. The number of anilines is 1. The van der Waals surface area contributed by atoms with Gasteiger partial charge in [-0.25, -0.2) is 4.98 Å². The molecule has 1 spiro atoms. The Morgan fingerprint density at radius 3 is 2.77 bits per heavy atom. The van der Waals surface area contributed by atoms with Crippen LogP contribution in [0.1, 0.15) is 30.0 Å². The zero-order chi connectivity index (χ0) is 15.2. The van der Waals surface area contributed by atoms with Crippen molar-refractivity contribution in [3.63, 3.8) is 0 Å². The average Bonchev–Trinajstić information content (AvgIpc) is 2.82. The van der Waals surface area contributed by atoms with E-state index in [1.807, 2.05) is 0 Å². The Bertz CT molecular complexity index is 746. The molecule has 22 heavy (non-hydrogen) atoms. The summed E-state index contributed by atoms with van der Waals surface area (Å²) < 4.78 is 0. The summed E-state index contributed by atoms with van der Waals surface area (Å²) in [6.45, 7) is 1.67. The summed E-state index contributed by atoms with van der Waals surface area (Å²) in [5, 5.41) is 0. The van der Waals surface area contributed by atoms with Crippen molar-refractivity contribution in [2.45, 2.75) is 25.3 Å². The normalized spacial score (nSPS) is 22.8. The summed E-state index contributed by atoms with van der Waals surface area (Å²) in [5.41, 5.74) is 9.28. The number of nitrogens with one attached hydrogen (secondary N) is 1. The van der Waals surface area contributed by atoms with E-state index in [2.05, 4.69) is 39.1 Å². The first-order valence-electron chi connectivity index (χ1n) is 7.82. The number of benzene rings is 1. The molecule has 3 N–H and O–H groups in total. The standard InChI is InChI=1S/C17H20N4O/c18-14-13-4-2-1-3-12(13)11-17(14)5-9-21(10-6-17)15-16(22)20-8-7-19-15/h1-4,7-8,14H,5-6,9-11,18H2,(H,20,22)/t14-/m1/s1. The molecule has 2 aromatic rings. The van der Waals surface area contributed by atoms with Crippen LogP contribution in [-0.4, -0.2) is 23.1 Å². The smallest absolute Gasteiger partial charge is 0.290 e. The van der Waals surface area contributed by atoms with Crippen LogP contribution in [0.5, 0.6) is 0 Å². The molecule has 0 radical (unpaired) electrons. The first-order valence-corrected chi connectivity index (χ1v) is 7.82. The highest BCUT2D eigenvalue weighted by Gasteiger charge is 2.46. The van der Waals surface area contributed by atoms with Crippen molar-refractivity contribution in [3.05, 3.63) is 58.1 Å². The van der Waals surface area contributed by atoms with Crippen LogP contribution in [0.25, 0.3) is 0 Å². The highest BCUT2D eigenvalue weighted by atomic mass is 16.1. The Balaban J connectivity index is 1.56. The quantitative estimate of drug-likeness (QED) is 0.838. The van der Waals surface area contributed by atoms with E-state index in [-0.39, 0.29) is 17.0 Å². The second kappa shape index (κ2) is 4.95. The molecule has 2 heterocycles. The van der Waals surface area contributed by atoms with Crippen LogP contribution >= 0.6 is 0 Å². The minimum atomic E-state index is -0.113. The van der Waals surface area contributed by atoms with Crippen molar-refractivity contribution in [1.82, 2.24) is 9.97 Å². The predicted octanol–water partition coefficient (Wildman–Crippen LogP) is 1.61. The lowest BCUT2D eigenvalue weighted by atomic mass is 9.73. The minimum absolute atomic E-state index is 0.105. The van der Waals surface area contributed by atoms with Crippen molar-refractivity contribution in [3.8, 4) is 0 Å². The molecule has 4 rings (SSSR count). The molecule has 1 aliphatic carbocycles. The lowest BCUT2D eigenvalue weighted by molar-refractivity contribution is 0.187. The third-order valence-corrected chi connectivity index (χ3v) is 5.34. The molecular weight excluding hydrogens is 276 g/mol. The molecule has 0 bridgehead atoms. The van der Waals surface area contributed by atoms with Gasteiger partial charge in [-0.05, 0) is 35.8 Å². The third kappa shape index (κ3) is 1.96. The first-order chi connectivity index (χ1) is 10.7. The van der Waals surface area contributed by atoms with E-state index >= 15 is 0 Å². The maximum atomic E-state index is 11.9. The van der Waals surface area contributed by atoms with Gasteiger partial charge in [-0.2, -0.15) is 0 Å². The molecule has 2 aliphatic rings. The number of nitrogens with two attached hydrogens (primary N) is 1. The fraction of sp³-hybridized carbons (Fsp3) is 0.412. The number of hydrogen-bond acceptors (Lipinski definition) is 4. The second-order valence-electron chi connectivity index (χ2n) is 6.44. The maximum absolute atomic E-state index is 11.9. The summed E-state index contributed by atoms with van der Waals surface area (Å²) in [7, 11) is 0. The van der Waals surface area contributed by atoms with Gasteiger partial charge in [0.05, 0.1) is 0 Å². The van der Waals surface area contributed by atoms with Crippen LogP contribution in [-0.2, 0) is 6.42 Å². The molecule has 1 aromatic heterocycles. The lowest BCUT2D eigenvalue weighted by Crippen LogP contribution is -2.46. The molecule has 1 atom stereocenters. The molecule has 1 fully saturated rings. The van der Waals surface area contributed by atoms with Crippen LogP contribution < -0.4 is 16.2 Å². The molecule has 0 unspecified atom stereocenters. The van der Waals surface area contributed by atoms with Crippen LogP contribution in [0.15, 0.2) is 41.5 Å². The predicted molar refractivity (Wildman–Crippen MR) is 85.8 cm³/mol. The van der Waals surface area contributed by atoms with Crippen LogP contribution in [0.2, 0.25) is 0 Å². The monoisotopic (exact) mass is 296 g/mol. The number of fused-ring (bicyclic) bond motifs is 1. The van der Waals surface area contributed by atoms with Crippen molar-refractivity contribution in [2.24, 2.45) is 11.1 Å². The molecule has 114 valence electrons. The summed E-state index contributed by atoms with van der Waals surface area (Å²) >= 11 is 0. The summed E-state index contributed by atoms with van der Waals surface area (Å²) in [6, 6.07) is 8.62. The SMILES string of the molecule is N[C@@H]1c2ccccc2CC12CCN(c1ncc[nH]c1=O)CC2. The zero-order valence-electron chi connectivity index (χ0n) is 12.5. The van der Waals surface area contributed by atoms with Gasteiger partial charge in [0.1, 0.15) is 0 Å². The van der Waals surface area contributed by atoms with Crippen molar-refractivity contribution in [1.29, 1.82) is 0 Å². The average molecular weight is 296 g/mol. The molecule has 5 nitrogen and oxygen atoms in total. The Morgan fingerprint density at radius 1 is 1.27 bits per heavy atom. The third-order valence-electron chi connectivity index (χ3n) is 5.34. The highest BCUT2D eigenvalue weighted by molar-refractivity contribution is 5.41. The Labute approximate surface area is 129 Å². The Kier molecular flexibility index (Phi) is 3.04. The number of H-pyrrole nitrogens is 1. The van der Waals surface area contributed by atoms with Gasteiger partial charge < -0.3 is 15.6 Å².